The summed E-state index contributed by atoms with van der Waals surface area (Å²) < 4.78 is 0. The van der Waals surface area contributed by atoms with Crippen molar-refractivity contribution in [3.63, 3.8) is 0 Å². The van der Waals surface area contributed by atoms with Crippen LogP contribution in [-0.2, 0) is 5.54 Å². The third-order valence-corrected chi connectivity index (χ3v) is 5.39. The highest BCUT2D eigenvalue weighted by Gasteiger charge is 2.58. The molecule has 0 amide bonds. The van der Waals surface area contributed by atoms with E-state index in [4.69, 9.17) is 0 Å². The van der Waals surface area contributed by atoms with Crippen LogP contribution >= 0.6 is 0 Å². The van der Waals surface area contributed by atoms with Crippen molar-refractivity contribution in [3.8, 4) is 5.75 Å². The molecule has 1 aliphatic rings. The Kier molecular flexibility index (Phi) is 3.34. The second-order valence-corrected chi connectivity index (χ2v) is 6.84. The van der Waals surface area contributed by atoms with Crippen LogP contribution in [0.3, 0.4) is 0 Å². The molecule has 1 saturated heterocycles. The molecule has 2 nitrogen and oxygen atoms in total. The van der Waals surface area contributed by atoms with Crippen molar-refractivity contribution in [2.45, 2.75) is 11.6 Å². The van der Waals surface area contributed by atoms with Crippen molar-refractivity contribution >= 4 is 10.8 Å². The van der Waals surface area contributed by atoms with E-state index in [1.165, 1.54) is 11.1 Å². The first-order valence-corrected chi connectivity index (χ1v) is 8.90. The highest BCUT2D eigenvalue weighted by molar-refractivity contribution is 5.90. The fourth-order valence-electron chi connectivity index (χ4n) is 4.15. The monoisotopic (exact) mass is 337 g/mol. The number of phenolic OH excluding ortho intramolecular Hbond substituents is 1. The highest BCUT2D eigenvalue weighted by Crippen LogP contribution is 2.57. The Morgan fingerprint density at radius 1 is 0.692 bits per heavy atom. The summed E-state index contributed by atoms with van der Waals surface area (Å²) in [4.78, 5) is 0. The van der Waals surface area contributed by atoms with Crippen LogP contribution in [0.1, 0.15) is 22.7 Å². The molecule has 0 spiro atoms. The van der Waals surface area contributed by atoms with Gasteiger partial charge in [-0.2, -0.15) is 0 Å². The molecular weight excluding hydrogens is 318 g/mol. The van der Waals surface area contributed by atoms with E-state index in [1.54, 1.807) is 0 Å². The second-order valence-electron chi connectivity index (χ2n) is 6.84. The number of nitrogens with one attached hydrogen (secondary N) is 1. The molecule has 0 radical (unpaired) electrons. The lowest BCUT2D eigenvalue weighted by Crippen LogP contribution is -2.16. The van der Waals surface area contributed by atoms with Gasteiger partial charge in [0.25, 0.3) is 0 Å². The maximum Gasteiger partial charge on any atom is 0.121 e. The highest BCUT2D eigenvalue weighted by atomic mass is 16.3. The molecule has 4 aromatic rings. The summed E-state index contributed by atoms with van der Waals surface area (Å²) in [5, 5.41) is 16.8. The number of fused-ring (bicyclic) bond motifs is 1. The molecule has 26 heavy (non-hydrogen) atoms. The topological polar surface area (TPSA) is 42.2 Å². The van der Waals surface area contributed by atoms with E-state index in [1.807, 2.05) is 36.4 Å². The first-order valence-electron chi connectivity index (χ1n) is 8.90. The van der Waals surface area contributed by atoms with Gasteiger partial charge in [-0.05, 0) is 28.0 Å². The van der Waals surface area contributed by atoms with Crippen molar-refractivity contribution in [1.82, 2.24) is 5.32 Å². The molecule has 4 aromatic carbocycles. The van der Waals surface area contributed by atoms with Crippen LogP contribution in [0, 0.1) is 0 Å². The first kappa shape index (κ1) is 15.2. The van der Waals surface area contributed by atoms with Crippen LogP contribution in [0.2, 0.25) is 0 Å². The predicted molar refractivity (Wildman–Crippen MR) is 105 cm³/mol. The number of rotatable bonds is 3. The minimum atomic E-state index is -0.423. The molecule has 2 N–H and O–H groups in total. The van der Waals surface area contributed by atoms with Gasteiger partial charge >= 0.3 is 0 Å². The van der Waals surface area contributed by atoms with Crippen LogP contribution in [0.25, 0.3) is 10.8 Å². The predicted octanol–water partition coefficient (Wildman–Crippen LogP) is 5.13. The van der Waals surface area contributed by atoms with Crippen LogP contribution in [0.15, 0.2) is 97.1 Å². The van der Waals surface area contributed by atoms with Gasteiger partial charge < -0.3 is 5.11 Å². The Bertz CT molecular complexity index is 1080. The minimum absolute atomic E-state index is 0.128. The molecule has 0 aliphatic carbocycles. The number of phenols is 1. The van der Waals surface area contributed by atoms with E-state index in [2.05, 4.69) is 66.0 Å². The van der Waals surface area contributed by atoms with E-state index >= 15 is 0 Å². The zero-order valence-corrected chi connectivity index (χ0v) is 14.3. The molecule has 0 aromatic heterocycles. The van der Waals surface area contributed by atoms with Gasteiger partial charge in [0, 0.05) is 5.56 Å². The Morgan fingerprint density at radius 2 is 1.35 bits per heavy atom. The lowest BCUT2D eigenvalue weighted by molar-refractivity contribution is 0.463. The molecule has 1 heterocycles. The molecule has 2 unspecified atom stereocenters. The van der Waals surface area contributed by atoms with Gasteiger partial charge in [-0.15, -0.1) is 0 Å². The molecule has 2 atom stereocenters. The van der Waals surface area contributed by atoms with Crippen molar-refractivity contribution in [2.24, 2.45) is 0 Å². The van der Waals surface area contributed by atoms with Gasteiger partial charge in [0.15, 0.2) is 0 Å². The van der Waals surface area contributed by atoms with Gasteiger partial charge in [-0.25, -0.2) is 0 Å². The van der Waals surface area contributed by atoms with E-state index in [9.17, 15) is 5.11 Å². The van der Waals surface area contributed by atoms with E-state index in [-0.39, 0.29) is 6.04 Å². The van der Waals surface area contributed by atoms with Crippen molar-refractivity contribution in [2.75, 3.05) is 0 Å². The van der Waals surface area contributed by atoms with Gasteiger partial charge in [0.05, 0.1) is 11.6 Å². The van der Waals surface area contributed by atoms with Crippen LogP contribution in [0.4, 0.5) is 0 Å². The second kappa shape index (κ2) is 5.72. The first-order chi connectivity index (χ1) is 12.8. The number of aromatic hydroxyl groups is 1. The smallest absolute Gasteiger partial charge is 0.121 e. The summed E-state index contributed by atoms with van der Waals surface area (Å²) in [6.45, 7) is 0. The fourth-order valence-corrected chi connectivity index (χ4v) is 4.15. The third kappa shape index (κ3) is 2.16. The quantitative estimate of drug-likeness (QED) is 0.509. The van der Waals surface area contributed by atoms with Crippen LogP contribution in [-0.4, -0.2) is 5.11 Å². The zero-order chi connectivity index (χ0) is 17.6. The molecule has 126 valence electrons. The molecule has 1 fully saturated rings. The summed E-state index contributed by atoms with van der Waals surface area (Å²) in [7, 11) is 0. The zero-order valence-electron chi connectivity index (χ0n) is 14.3. The largest absolute Gasteiger partial charge is 0.508 e. The molecule has 0 saturated carbocycles. The van der Waals surface area contributed by atoms with Gasteiger partial charge in [-0.3, -0.25) is 5.32 Å². The van der Waals surface area contributed by atoms with E-state index in [0.717, 1.165) is 16.3 Å². The van der Waals surface area contributed by atoms with Crippen molar-refractivity contribution in [3.05, 3.63) is 114 Å². The van der Waals surface area contributed by atoms with Crippen LogP contribution < -0.4 is 5.32 Å². The van der Waals surface area contributed by atoms with E-state index < -0.39 is 5.54 Å². The third-order valence-electron chi connectivity index (χ3n) is 5.39. The summed E-state index contributed by atoms with van der Waals surface area (Å²) in [5.74, 6) is 0.332. The molecule has 2 heteroatoms. The standard InChI is InChI=1S/C24H19NO/c26-21-16-15-17-9-7-8-14-20(17)22(21)24(19-12-5-2-6-13-19)23(25-24)18-10-3-1-4-11-18/h1-16,23,25-26H. The van der Waals surface area contributed by atoms with Gasteiger partial charge in [0.2, 0.25) is 0 Å². The van der Waals surface area contributed by atoms with Gasteiger partial charge in [-0.1, -0.05) is 91.0 Å². The SMILES string of the molecule is Oc1ccc2ccccc2c1C1(c2ccccc2)NC1c1ccccc1. The number of benzene rings is 4. The fraction of sp³-hybridized carbons (Fsp3) is 0.0833. The summed E-state index contributed by atoms with van der Waals surface area (Å²) in [6, 6.07) is 33.0. The molecule has 5 rings (SSSR count). The normalized spacial score (nSPS) is 21.6. The average molecular weight is 337 g/mol. The Morgan fingerprint density at radius 3 is 2.12 bits per heavy atom. The van der Waals surface area contributed by atoms with Crippen LogP contribution in [0.5, 0.6) is 5.75 Å². The van der Waals surface area contributed by atoms with Gasteiger partial charge in [0.1, 0.15) is 5.75 Å². The summed E-state index contributed by atoms with van der Waals surface area (Å²) in [6.07, 6.45) is 0. The Balaban J connectivity index is 1.79. The average Bonchev–Trinajstić information content (AvgIpc) is 3.46. The molecule has 0 bridgehead atoms. The number of hydrogen-bond acceptors (Lipinski definition) is 2. The number of hydrogen-bond donors (Lipinski definition) is 2. The van der Waals surface area contributed by atoms with Crippen molar-refractivity contribution in [1.29, 1.82) is 0 Å². The minimum Gasteiger partial charge on any atom is -0.508 e. The maximum atomic E-state index is 10.9. The summed E-state index contributed by atoms with van der Waals surface area (Å²) >= 11 is 0. The summed E-state index contributed by atoms with van der Waals surface area (Å²) in [5.41, 5.74) is 2.92. The molecular formula is C24H19NO. The van der Waals surface area contributed by atoms with Crippen molar-refractivity contribution < 1.29 is 5.11 Å². The Hall–Kier alpha value is -3.10. The molecule has 1 aliphatic heterocycles. The Labute approximate surface area is 152 Å². The lowest BCUT2D eigenvalue weighted by atomic mass is 9.82. The maximum absolute atomic E-state index is 10.9. The van der Waals surface area contributed by atoms with E-state index in [0.29, 0.717) is 5.75 Å². The lowest BCUT2D eigenvalue weighted by Gasteiger charge is -2.20.